The van der Waals surface area contributed by atoms with E-state index < -0.39 is 0 Å². The summed E-state index contributed by atoms with van der Waals surface area (Å²) in [6.07, 6.45) is 0. The van der Waals surface area contributed by atoms with Crippen LogP contribution in [0.15, 0.2) is 10.6 Å². The number of hydrogen-bond acceptors (Lipinski definition) is 5. The van der Waals surface area contributed by atoms with Crippen LogP contribution in [0.3, 0.4) is 0 Å². The van der Waals surface area contributed by atoms with Crippen LogP contribution in [0, 0.1) is 6.92 Å². The molecule has 0 aromatic carbocycles. The van der Waals surface area contributed by atoms with E-state index in [9.17, 15) is 0 Å². The molecule has 13 heavy (non-hydrogen) atoms. The molecule has 0 fully saturated rings. The summed E-state index contributed by atoms with van der Waals surface area (Å²) in [5.41, 5.74) is 6.97. The largest absolute Gasteiger partial charge is 0.365 e. The molecule has 6 nitrogen and oxygen atoms in total. The fourth-order valence-corrected chi connectivity index (χ4v) is 1.00. The molecule has 0 aliphatic rings. The number of rotatable bonds is 1. The summed E-state index contributed by atoms with van der Waals surface area (Å²) in [6, 6.07) is 1.85. The fraction of sp³-hybridized carbons (Fsp3) is 0.286. The van der Waals surface area contributed by atoms with Crippen molar-refractivity contribution in [1.29, 1.82) is 0 Å². The number of aryl methyl sites for hydroxylation is 2. The Morgan fingerprint density at radius 2 is 2.31 bits per heavy atom. The number of aromatic nitrogens is 4. The average molecular weight is 179 g/mol. The maximum Gasteiger partial charge on any atom is 0.280 e. The van der Waals surface area contributed by atoms with E-state index in [1.807, 2.05) is 20.0 Å². The Balaban J connectivity index is 2.46. The molecule has 0 unspecified atom stereocenters. The first kappa shape index (κ1) is 7.78. The summed E-state index contributed by atoms with van der Waals surface area (Å²) >= 11 is 0. The van der Waals surface area contributed by atoms with Gasteiger partial charge in [0.1, 0.15) is 0 Å². The van der Waals surface area contributed by atoms with Gasteiger partial charge >= 0.3 is 0 Å². The molecule has 0 bridgehead atoms. The highest BCUT2D eigenvalue weighted by Crippen LogP contribution is 2.16. The van der Waals surface area contributed by atoms with E-state index in [0.717, 1.165) is 5.69 Å². The van der Waals surface area contributed by atoms with Crippen molar-refractivity contribution in [3.63, 3.8) is 0 Å². The zero-order chi connectivity index (χ0) is 9.42. The maximum absolute atomic E-state index is 5.31. The highest BCUT2D eigenvalue weighted by Gasteiger charge is 2.10. The molecule has 0 saturated carbocycles. The summed E-state index contributed by atoms with van der Waals surface area (Å²) in [7, 11) is 1.85. The summed E-state index contributed by atoms with van der Waals surface area (Å²) in [4.78, 5) is 3.86. The zero-order valence-electron chi connectivity index (χ0n) is 7.35. The molecule has 0 amide bonds. The quantitative estimate of drug-likeness (QED) is 0.683. The zero-order valence-corrected chi connectivity index (χ0v) is 7.35. The van der Waals surface area contributed by atoms with Gasteiger partial charge in [0, 0.05) is 12.7 Å². The van der Waals surface area contributed by atoms with Gasteiger partial charge in [-0.1, -0.05) is 0 Å². The smallest absolute Gasteiger partial charge is 0.280 e. The Morgan fingerprint density at radius 3 is 2.77 bits per heavy atom. The van der Waals surface area contributed by atoms with E-state index in [-0.39, 0.29) is 5.95 Å². The van der Waals surface area contributed by atoms with Gasteiger partial charge in [-0.25, -0.2) is 0 Å². The van der Waals surface area contributed by atoms with Crippen LogP contribution in [-0.2, 0) is 7.05 Å². The van der Waals surface area contributed by atoms with Crippen LogP contribution in [-0.4, -0.2) is 19.9 Å². The van der Waals surface area contributed by atoms with E-state index >= 15 is 0 Å². The van der Waals surface area contributed by atoms with Crippen LogP contribution >= 0.6 is 0 Å². The van der Waals surface area contributed by atoms with E-state index in [1.54, 1.807) is 4.68 Å². The van der Waals surface area contributed by atoms with Crippen molar-refractivity contribution in [3.8, 4) is 11.6 Å². The summed E-state index contributed by atoms with van der Waals surface area (Å²) in [5.74, 6) is 0.472. The number of nitrogens with two attached hydrogens (primary N) is 1. The first-order valence-corrected chi connectivity index (χ1v) is 3.77. The first-order chi connectivity index (χ1) is 6.16. The van der Waals surface area contributed by atoms with E-state index in [0.29, 0.717) is 11.6 Å². The second-order valence-corrected chi connectivity index (χ2v) is 2.75. The molecule has 0 saturated heterocycles. The molecule has 6 heteroatoms. The van der Waals surface area contributed by atoms with Crippen molar-refractivity contribution in [1.82, 2.24) is 19.9 Å². The lowest BCUT2D eigenvalue weighted by Gasteiger charge is -1.88. The second-order valence-electron chi connectivity index (χ2n) is 2.75. The van der Waals surface area contributed by atoms with Crippen molar-refractivity contribution in [3.05, 3.63) is 11.8 Å². The second kappa shape index (κ2) is 2.58. The van der Waals surface area contributed by atoms with Gasteiger partial charge in [0.25, 0.3) is 11.8 Å². The molecule has 2 rings (SSSR count). The predicted molar refractivity (Wildman–Crippen MR) is 45.6 cm³/mol. The van der Waals surface area contributed by atoms with Gasteiger partial charge in [0.2, 0.25) is 0 Å². The number of hydrogen-bond donors (Lipinski definition) is 1. The Morgan fingerprint density at radius 1 is 1.54 bits per heavy atom. The lowest BCUT2D eigenvalue weighted by molar-refractivity contribution is 0.431. The molecule has 0 spiro atoms. The van der Waals surface area contributed by atoms with Crippen molar-refractivity contribution < 1.29 is 4.52 Å². The van der Waals surface area contributed by atoms with Gasteiger partial charge in [-0.05, 0) is 18.1 Å². The van der Waals surface area contributed by atoms with Crippen molar-refractivity contribution in [2.45, 2.75) is 6.92 Å². The molecule has 2 N–H and O–H groups in total. The van der Waals surface area contributed by atoms with Crippen LogP contribution in [0.1, 0.15) is 5.69 Å². The lowest BCUT2D eigenvalue weighted by Crippen LogP contribution is -1.92. The van der Waals surface area contributed by atoms with Gasteiger partial charge in [0.15, 0.2) is 5.69 Å². The van der Waals surface area contributed by atoms with Gasteiger partial charge < -0.3 is 10.3 Å². The Hall–Kier alpha value is -1.85. The Labute approximate surface area is 74.4 Å². The minimum absolute atomic E-state index is 0.123. The van der Waals surface area contributed by atoms with Crippen molar-refractivity contribution in [2.24, 2.45) is 7.05 Å². The Kier molecular flexibility index (Phi) is 1.54. The maximum atomic E-state index is 5.31. The van der Waals surface area contributed by atoms with Crippen LogP contribution in [0.2, 0.25) is 0 Å². The molecule has 0 radical (unpaired) electrons. The third kappa shape index (κ3) is 1.26. The minimum atomic E-state index is 0.123. The van der Waals surface area contributed by atoms with Crippen LogP contribution in [0.5, 0.6) is 0 Å². The molecular formula is C7H9N5O. The summed E-state index contributed by atoms with van der Waals surface area (Å²) < 4.78 is 6.59. The molecule has 0 aliphatic heterocycles. The van der Waals surface area contributed by atoms with Gasteiger partial charge in [-0.3, -0.25) is 4.68 Å². The molecule has 0 atom stereocenters. The van der Waals surface area contributed by atoms with E-state index in [2.05, 4.69) is 15.2 Å². The summed E-state index contributed by atoms with van der Waals surface area (Å²) in [6.45, 7) is 1.94. The van der Waals surface area contributed by atoms with Crippen LogP contribution in [0.25, 0.3) is 11.6 Å². The van der Waals surface area contributed by atoms with Gasteiger partial charge in [-0.2, -0.15) is 10.1 Å². The number of nitrogens with zero attached hydrogens (tertiary/aromatic N) is 4. The third-order valence-electron chi connectivity index (χ3n) is 1.77. The van der Waals surface area contributed by atoms with E-state index in [1.165, 1.54) is 0 Å². The molecule has 2 heterocycles. The Bertz CT molecular complexity index is 410. The van der Waals surface area contributed by atoms with Gasteiger partial charge in [0.05, 0.1) is 0 Å². The standard InChI is InChI=1S/C7H9N5O/c1-4-3-5(10-12(4)2)6-9-7(8)11-13-6/h3H,1-2H3,(H2,8,11). The molecule has 0 aliphatic carbocycles. The normalized spacial score (nSPS) is 10.6. The fourth-order valence-electron chi connectivity index (χ4n) is 1.00. The lowest BCUT2D eigenvalue weighted by atomic mass is 10.4. The van der Waals surface area contributed by atoms with Crippen LogP contribution < -0.4 is 5.73 Å². The molecule has 2 aromatic rings. The van der Waals surface area contributed by atoms with Crippen molar-refractivity contribution in [2.75, 3.05) is 5.73 Å². The minimum Gasteiger partial charge on any atom is -0.365 e. The average Bonchev–Trinajstić information content (AvgIpc) is 2.61. The first-order valence-electron chi connectivity index (χ1n) is 3.77. The molecule has 68 valence electrons. The number of nitrogen functional groups attached to an aromatic ring is 1. The van der Waals surface area contributed by atoms with Crippen molar-refractivity contribution >= 4 is 5.95 Å². The predicted octanol–water partition coefficient (Wildman–Crippen LogP) is 0.361. The van der Waals surface area contributed by atoms with Gasteiger partial charge in [-0.15, -0.1) is 0 Å². The monoisotopic (exact) mass is 179 g/mol. The number of anilines is 1. The van der Waals surface area contributed by atoms with E-state index in [4.69, 9.17) is 10.3 Å². The third-order valence-corrected chi connectivity index (χ3v) is 1.77. The summed E-state index contributed by atoms with van der Waals surface area (Å²) in [5, 5.41) is 7.63. The molecule has 2 aromatic heterocycles. The van der Waals surface area contributed by atoms with Crippen LogP contribution in [0.4, 0.5) is 5.95 Å². The topological polar surface area (TPSA) is 82.8 Å². The highest BCUT2D eigenvalue weighted by molar-refractivity contribution is 5.48. The highest BCUT2D eigenvalue weighted by atomic mass is 16.5. The molecular weight excluding hydrogens is 170 g/mol. The SMILES string of the molecule is Cc1cc(-c2nc(N)no2)nn1C.